The number of hydrogen-bond donors (Lipinski definition) is 3. The summed E-state index contributed by atoms with van der Waals surface area (Å²) in [5.41, 5.74) is 0.980. The van der Waals surface area contributed by atoms with Crippen LogP contribution in [0.25, 0.3) is 0 Å². The molecule has 9 heteroatoms. The molecule has 0 amide bonds. The molecule has 0 atom stereocenters. The van der Waals surface area contributed by atoms with Crippen LogP contribution in [-0.4, -0.2) is 23.2 Å². The average molecular weight is 439 g/mol. The Morgan fingerprint density at radius 1 is 1.13 bits per heavy atom. The number of benzene rings is 1. The number of alkyl halides is 3. The lowest BCUT2D eigenvalue weighted by molar-refractivity contribution is -0.137. The molecule has 2 aromatic rings. The average Bonchev–Trinajstić information content (AvgIpc) is 3.00. The third kappa shape index (κ3) is 6.08. The van der Waals surface area contributed by atoms with E-state index in [1.165, 1.54) is 12.1 Å². The van der Waals surface area contributed by atoms with E-state index >= 15 is 0 Å². The molecule has 0 unspecified atom stereocenters. The fourth-order valence-corrected chi connectivity index (χ4v) is 1.78. The highest BCUT2D eigenvalue weighted by molar-refractivity contribution is 14.0. The van der Waals surface area contributed by atoms with E-state index in [1.54, 1.807) is 13.2 Å². The molecular weight excluding hydrogens is 422 g/mol. The molecule has 0 saturated heterocycles. The number of guanidine groups is 1. The molecule has 0 saturated carbocycles. The van der Waals surface area contributed by atoms with Crippen LogP contribution >= 0.6 is 24.0 Å². The van der Waals surface area contributed by atoms with Gasteiger partial charge in [-0.25, -0.2) is 0 Å². The molecule has 0 bridgehead atoms. The number of H-pyrrole nitrogens is 1. The fourth-order valence-electron chi connectivity index (χ4n) is 1.78. The maximum atomic E-state index is 12.5. The number of nitrogens with zero attached hydrogens (tertiary/aromatic N) is 2. The number of rotatable bonds is 4. The molecule has 23 heavy (non-hydrogen) atoms. The standard InChI is InChI=1S/C14H16F3N5.HI/c1-18-13(20-9-12-6-7-21-22-12)19-8-10-2-4-11(5-3-10)14(15,16)17;/h2-7H,8-9H2,1H3,(H,21,22)(H2,18,19,20);1H. The Bertz CT molecular complexity index is 608. The van der Waals surface area contributed by atoms with Crippen LogP contribution in [0.1, 0.15) is 16.8 Å². The lowest BCUT2D eigenvalue weighted by atomic mass is 10.1. The largest absolute Gasteiger partial charge is 0.416 e. The van der Waals surface area contributed by atoms with Crippen molar-refractivity contribution in [3.05, 3.63) is 53.3 Å². The topological polar surface area (TPSA) is 65.1 Å². The summed E-state index contributed by atoms with van der Waals surface area (Å²) in [5.74, 6) is 0.550. The molecule has 0 aliphatic rings. The first-order chi connectivity index (χ1) is 10.5. The summed E-state index contributed by atoms with van der Waals surface area (Å²) in [7, 11) is 1.62. The Morgan fingerprint density at radius 3 is 2.30 bits per heavy atom. The van der Waals surface area contributed by atoms with Crippen molar-refractivity contribution in [2.45, 2.75) is 19.3 Å². The van der Waals surface area contributed by atoms with Crippen LogP contribution in [0.5, 0.6) is 0 Å². The van der Waals surface area contributed by atoms with Crippen molar-refractivity contribution < 1.29 is 13.2 Å². The van der Waals surface area contributed by atoms with Crippen molar-refractivity contribution in [3.8, 4) is 0 Å². The number of halogens is 4. The highest BCUT2D eigenvalue weighted by atomic mass is 127. The maximum Gasteiger partial charge on any atom is 0.416 e. The van der Waals surface area contributed by atoms with Gasteiger partial charge in [-0.2, -0.15) is 18.3 Å². The van der Waals surface area contributed by atoms with Gasteiger partial charge in [0.1, 0.15) is 0 Å². The molecule has 126 valence electrons. The molecule has 0 aliphatic carbocycles. The van der Waals surface area contributed by atoms with E-state index in [-0.39, 0.29) is 24.0 Å². The summed E-state index contributed by atoms with van der Waals surface area (Å²) in [5, 5.41) is 12.7. The highest BCUT2D eigenvalue weighted by Crippen LogP contribution is 2.28. The van der Waals surface area contributed by atoms with Gasteiger partial charge in [0, 0.05) is 19.8 Å². The van der Waals surface area contributed by atoms with Crippen molar-refractivity contribution in [2.75, 3.05) is 7.05 Å². The Kier molecular flexibility index (Phi) is 7.33. The van der Waals surface area contributed by atoms with E-state index < -0.39 is 11.7 Å². The molecule has 0 radical (unpaired) electrons. The van der Waals surface area contributed by atoms with Crippen molar-refractivity contribution >= 4 is 29.9 Å². The van der Waals surface area contributed by atoms with Crippen LogP contribution in [-0.2, 0) is 19.3 Å². The third-order valence-electron chi connectivity index (χ3n) is 2.97. The minimum Gasteiger partial charge on any atom is -0.352 e. The second-order valence-corrected chi connectivity index (χ2v) is 4.56. The molecule has 0 spiro atoms. The van der Waals surface area contributed by atoms with Gasteiger partial charge in [-0.3, -0.25) is 10.1 Å². The van der Waals surface area contributed by atoms with Crippen LogP contribution < -0.4 is 10.6 Å². The van der Waals surface area contributed by atoms with Crippen molar-refractivity contribution in [1.29, 1.82) is 0 Å². The fraction of sp³-hybridized carbons (Fsp3) is 0.286. The zero-order chi connectivity index (χ0) is 16.0. The van der Waals surface area contributed by atoms with Crippen molar-refractivity contribution in [3.63, 3.8) is 0 Å². The quantitative estimate of drug-likeness (QED) is 0.390. The molecular formula is C14H17F3IN5. The van der Waals surface area contributed by atoms with Gasteiger partial charge in [0.05, 0.1) is 17.8 Å². The van der Waals surface area contributed by atoms with Crippen LogP contribution in [0.4, 0.5) is 13.2 Å². The van der Waals surface area contributed by atoms with Gasteiger partial charge in [-0.15, -0.1) is 24.0 Å². The lowest BCUT2D eigenvalue weighted by Gasteiger charge is -2.12. The molecule has 0 fully saturated rings. The van der Waals surface area contributed by atoms with Gasteiger partial charge < -0.3 is 10.6 Å². The Balaban J connectivity index is 0.00000264. The molecule has 2 rings (SSSR count). The summed E-state index contributed by atoms with van der Waals surface area (Å²) in [4.78, 5) is 4.04. The number of nitrogens with one attached hydrogen (secondary N) is 3. The SMILES string of the molecule is CN=C(NCc1ccc(C(F)(F)F)cc1)NCc1ccn[nH]1.I. The van der Waals surface area contributed by atoms with Crippen molar-refractivity contribution in [2.24, 2.45) is 4.99 Å². The van der Waals surface area contributed by atoms with E-state index in [4.69, 9.17) is 0 Å². The van der Waals surface area contributed by atoms with Gasteiger partial charge in [0.15, 0.2) is 5.96 Å². The van der Waals surface area contributed by atoms with Crippen LogP contribution in [0, 0.1) is 0 Å². The molecule has 1 heterocycles. The number of aromatic nitrogens is 2. The predicted octanol–water partition coefficient (Wildman–Crippen LogP) is 2.91. The summed E-state index contributed by atoms with van der Waals surface area (Å²) in [6, 6.07) is 6.85. The van der Waals surface area contributed by atoms with E-state index in [9.17, 15) is 13.2 Å². The van der Waals surface area contributed by atoms with E-state index in [0.29, 0.717) is 19.0 Å². The van der Waals surface area contributed by atoms with Gasteiger partial charge in [-0.1, -0.05) is 12.1 Å². The molecule has 3 N–H and O–H groups in total. The highest BCUT2D eigenvalue weighted by Gasteiger charge is 2.29. The molecule has 1 aromatic carbocycles. The monoisotopic (exact) mass is 439 g/mol. The van der Waals surface area contributed by atoms with E-state index in [1.807, 2.05) is 6.07 Å². The summed E-state index contributed by atoms with van der Waals surface area (Å²) in [6.07, 6.45) is -2.66. The maximum absolute atomic E-state index is 12.5. The van der Waals surface area contributed by atoms with Crippen LogP contribution in [0.15, 0.2) is 41.5 Å². The van der Waals surface area contributed by atoms with E-state index in [0.717, 1.165) is 23.4 Å². The lowest BCUT2D eigenvalue weighted by Crippen LogP contribution is -2.36. The minimum absolute atomic E-state index is 0. The Morgan fingerprint density at radius 2 is 1.78 bits per heavy atom. The summed E-state index contributed by atoms with van der Waals surface area (Å²) < 4.78 is 37.4. The number of hydrogen-bond acceptors (Lipinski definition) is 2. The Labute approximate surface area is 148 Å². The van der Waals surface area contributed by atoms with Gasteiger partial charge in [0.2, 0.25) is 0 Å². The normalized spacial score (nSPS) is 11.7. The number of aliphatic imine (C=N–C) groups is 1. The molecule has 5 nitrogen and oxygen atoms in total. The first-order valence-electron chi connectivity index (χ1n) is 6.58. The molecule has 1 aromatic heterocycles. The van der Waals surface area contributed by atoms with Crippen LogP contribution in [0.3, 0.4) is 0 Å². The van der Waals surface area contributed by atoms with Gasteiger partial charge >= 0.3 is 6.18 Å². The van der Waals surface area contributed by atoms with Crippen molar-refractivity contribution in [1.82, 2.24) is 20.8 Å². The van der Waals surface area contributed by atoms with Gasteiger partial charge in [-0.05, 0) is 23.8 Å². The third-order valence-corrected chi connectivity index (χ3v) is 2.97. The zero-order valence-corrected chi connectivity index (χ0v) is 14.6. The second kappa shape index (κ2) is 8.75. The van der Waals surface area contributed by atoms with E-state index in [2.05, 4.69) is 25.8 Å². The summed E-state index contributed by atoms with van der Waals surface area (Å²) >= 11 is 0. The van der Waals surface area contributed by atoms with Gasteiger partial charge in [0.25, 0.3) is 0 Å². The summed E-state index contributed by atoms with van der Waals surface area (Å²) in [6.45, 7) is 0.896. The molecule has 0 aliphatic heterocycles. The second-order valence-electron chi connectivity index (χ2n) is 4.56. The first kappa shape index (κ1) is 19.3. The Hall–Kier alpha value is -1.78. The zero-order valence-electron chi connectivity index (χ0n) is 12.3. The first-order valence-corrected chi connectivity index (χ1v) is 6.58. The predicted molar refractivity (Wildman–Crippen MR) is 92.5 cm³/mol. The number of aromatic amines is 1. The smallest absolute Gasteiger partial charge is 0.352 e. The minimum atomic E-state index is -4.31. The van der Waals surface area contributed by atoms with Crippen LogP contribution in [0.2, 0.25) is 0 Å².